The molecule has 1 aromatic heterocycles. The minimum atomic E-state index is -4.54. The molecule has 0 aliphatic heterocycles. The highest BCUT2D eigenvalue weighted by Gasteiger charge is 2.34. The number of nitrogens with two attached hydrogens (primary N) is 1. The summed E-state index contributed by atoms with van der Waals surface area (Å²) in [5.41, 5.74) is 4.39. The molecular weight excluding hydrogens is 351 g/mol. The maximum Gasteiger partial charge on any atom is 0.417 e. The topological polar surface area (TPSA) is 91.2 Å². The lowest BCUT2D eigenvalue weighted by Gasteiger charge is -2.09. The molecule has 0 saturated carbocycles. The van der Waals surface area contributed by atoms with Gasteiger partial charge in [-0.2, -0.15) is 13.2 Å². The highest BCUT2D eigenvalue weighted by molar-refractivity contribution is 5.92. The number of nitrogens with zero attached hydrogens (tertiary/aromatic N) is 2. The average Bonchev–Trinajstić information content (AvgIpc) is 3.08. The van der Waals surface area contributed by atoms with E-state index in [0.717, 1.165) is 6.07 Å². The Morgan fingerprint density at radius 1 is 1.08 bits per heavy atom. The number of ether oxygens (including phenoxy) is 1. The Kier molecular flexibility index (Phi) is 4.61. The monoisotopic (exact) mass is 363 g/mol. The van der Waals surface area contributed by atoms with Gasteiger partial charge in [0.15, 0.2) is 6.61 Å². The van der Waals surface area contributed by atoms with E-state index in [1.165, 1.54) is 42.5 Å². The van der Waals surface area contributed by atoms with Crippen molar-refractivity contribution in [3.8, 4) is 17.2 Å². The van der Waals surface area contributed by atoms with Crippen LogP contribution < -0.4 is 10.5 Å². The summed E-state index contributed by atoms with van der Waals surface area (Å²) in [6, 6.07) is 10.9. The number of benzene rings is 2. The average molecular weight is 363 g/mol. The van der Waals surface area contributed by atoms with Crippen LogP contribution in [0.15, 0.2) is 52.9 Å². The number of halogens is 3. The molecule has 0 fully saturated rings. The van der Waals surface area contributed by atoms with Crippen molar-refractivity contribution >= 4 is 5.91 Å². The highest BCUT2D eigenvalue weighted by Crippen LogP contribution is 2.36. The second kappa shape index (κ2) is 6.87. The van der Waals surface area contributed by atoms with Gasteiger partial charge in [0.1, 0.15) is 5.75 Å². The van der Waals surface area contributed by atoms with Crippen molar-refractivity contribution < 1.29 is 27.1 Å². The minimum absolute atomic E-state index is 0.0101. The second-order valence-electron chi connectivity index (χ2n) is 5.22. The van der Waals surface area contributed by atoms with Crippen LogP contribution in [0.2, 0.25) is 0 Å². The third kappa shape index (κ3) is 3.82. The molecule has 0 bridgehead atoms. The summed E-state index contributed by atoms with van der Waals surface area (Å²) >= 11 is 0. The van der Waals surface area contributed by atoms with Crippen molar-refractivity contribution in [2.24, 2.45) is 5.73 Å². The fourth-order valence-electron chi connectivity index (χ4n) is 2.20. The first kappa shape index (κ1) is 17.5. The fourth-order valence-corrected chi connectivity index (χ4v) is 2.20. The number of carbonyl (C=O) groups excluding carboxylic acids is 1. The minimum Gasteiger partial charge on any atom is -0.484 e. The summed E-state index contributed by atoms with van der Waals surface area (Å²) in [4.78, 5) is 11.0. The van der Waals surface area contributed by atoms with Crippen molar-refractivity contribution in [3.63, 3.8) is 0 Å². The SMILES string of the molecule is NC(=O)c1ccc(OCc2nnc(-c3ccccc3C(F)(F)F)o2)cc1. The second-order valence-corrected chi connectivity index (χ2v) is 5.22. The molecule has 0 aliphatic rings. The molecule has 2 N–H and O–H groups in total. The van der Waals surface area contributed by atoms with Crippen LogP contribution in [0.1, 0.15) is 21.8 Å². The van der Waals surface area contributed by atoms with E-state index in [4.69, 9.17) is 14.9 Å². The maximum absolute atomic E-state index is 13.1. The van der Waals surface area contributed by atoms with Gasteiger partial charge >= 0.3 is 6.18 Å². The van der Waals surface area contributed by atoms with Crippen LogP contribution in [0, 0.1) is 0 Å². The molecule has 0 spiro atoms. The first-order valence-electron chi connectivity index (χ1n) is 7.36. The van der Waals surface area contributed by atoms with E-state index in [0.29, 0.717) is 11.3 Å². The largest absolute Gasteiger partial charge is 0.484 e. The number of hydrogen-bond donors (Lipinski definition) is 1. The number of aromatic nitrogens is 2. The van der Waals surface area contributed by atoms with E-state index in [1.807, 2.05) is 0 Å². The van der Waals surface area contributed by atoms with Crippen molar-refractivity contribution in [3.05, 3.63) is 65.5 Å². The molecule has 3 aromatic rings. The maximum atomic E-state index is 13.1. The zero-order valence-electron chi connectivity index (χ0n) is 13.2. The number of primary amides is 1. The van der Waals surface area contributed by atoms with Gasteiger partial charge in [0.2, 0.25) is 11.8 Å². The van der Waals surface area contributed by atoms with E-state index in [2.05, 4.69) is 10.2 Å². The van der Waals surface area contributed by atoms with Crippen LogP contribution in [0.5, 0.6) is 5.75 Å². The Morgan fingerprint density at radius 3 is 2.42 bits per heavy atom. The molecule has 0 atom stereocenters. The normalized spacial score (nSPS) is 11.3. The van der Waals surface area contributed by atoms with Crippen LogP contribution in [-0.2, 0) is 12.8 Å². The van der Waals surface area contributed by atoms with Crippen molar-refractivity contribution in [1.29, 1.82) is 0 Å². The molecular formula is C17H12F3N3O3. The van der Waals surface area contributed by atoms with Crippen LogP contribution in [0.4, 0.5) is 13.2 Å². The third-order valence-corrected chi connectivity index (χ3v) is 3.43. The molecule has 0 radical (unpaired) electrons. The van der Waals surface area contributed by atoms with Gasteiger partial charge in [-0.25, -0.2) is 0 Å². The Hall–Kier alpha value is -3.36. The van der Waals surface area contributed by atoms with E-state index in [9.17, 15) is 18.0 Å². The van der Waals surface area contributed by atoms with E-state index in [-0.39, 0.29) is 24.0 Å². The number of alkyl halides is 3. The van der Waals surface area contributed by atoms with Crippen molar-refractivity contribution in [2.45, 2.75) is 12.8 Å². The van der Waals surface area contributed by atoms with Crippen LogP contribution in [-0.4, -0.2) is 16.1 Å². The Labute approximate surface area is 145 Å². The molecule has 6 nitrogen and oxygen atoms in total. The van der Waals surface area contributed by atoms with E-state index >= 15 is 0 Å². The zero-order valence-corrected chi connectivity index (χ0v) is 13.2. The Morgan fingerprint density at radius 2 is 1.77 bits per heavy atom. The first-order valence-corrected chi connectivity index (χ1v) is 7.36. The predicted molar refractivity (Wildman–Crippen MR) is 84.0 cm³/mol. The number of amides is 1. The van der Waals surface area contributed by atoms with Gasteiger partial charge in [-0.3, -0.25) is 4.79 Å². The molecule has 0 saturated heterocycles. The molecule has 2 aromatic carbocycles. The molecule has 1 heterocycles. The molecule has 1 amide bonds. The quantitative estimate of drug-likeness (QED) is 0.750. The molecule has 0 unspecified atom stereocenters. The molecule has 26 heavy (non-hydrogen) atoms. The van der Waals surface area contributed by atoms with Gasteiger partial charge < -0.3 is 14.9 Å². The van der Waals surface area contributed by atoms with E-state index < -0.39 is 17.6 Å². The van der Waals surface area contributed by atoms with Gasteiger partial charge in [0.05, 0.1) is 11.1 Å². The van der Waals surface area contributed by atoms with Crippen molar-refractivity contribution in [1.82, 2.24) is 10.2 Å². The molecule has 0 aliphatic carbocycles. The fraction of sp³-hybridized carbons (Fsp3) is 0.118. The lowest BCUT2D eigenvalue weighted by atomic mass is 10.1. The van der Waals surface area contributed by atoms with Crippen LogP contribution in [0.25, 0.3) is 11.5 Å². The summed E-state index contributed by atoms with van der Waals surface area (Å²) in [5.74, 6) is -0.400. The van der Waals surface area contributed by atoms with Crippen LogP contribution in [0.3, 0.4) is 0 Å². The molecule has 9 heteroatoms. The Bertz CT molecular complexity index is 921. The van der Waals surface area contributed by atoms with Gasteiger partial charge in [-0.15, -0.1) is 10.2 Å². The first-order chi connectivity index (χ1) is 12.3. The van der Waals surface area contributed by atoms with Gasteiger partial charge in [0.25, 0.3) is 5.89 Å². The lowest BCUT2D eigenvalue weighted by molar-refractivity contribution is -0.137. The summed E-state index contributed by atoms with van der Waals surface area (Å²) in [5, 5.41) is 7.35. The van der Waals surface area contributed by atoms with Gasteiger partial charge in [-0.05, 0) is 36.4 Å². The van der Waals surface area contributed by atoms with Crippen molar-refractivity contribution in [2.75, 3.05) is 0 Å². The number of hydrogen-bond acceptors (Lipinski definition) is 5. The van der Waals surface area contributed by atoms with Gasteiger partial charge in [-0.1, -0.05) is 12.1 Å². The summed E-state index contributed by atoms with van der Waals surface area (Å²) in [6.45, 7) is -0.142. The van der Waals surface area contributed by atoms with E-state index in [1.54, 1.807) is 0 Å². The van der Waals surface area contributed by atoms with Gasteiger partial charge in [0, 0.05) is 5.56 Å². The summed E-state index contributed by atoms with van der Waals surface area (Å²) in [6.07, 6.45) is -4.54. The lowest BCUT2D eigenvalue weighted by Crippen LogP contribution is -2.10. The summed E-state index contributed by atoms with van der Waals surface area (Å²) < 4.78 is 49.8. The highest BCUT2D eigenvalue weighted by atomic mass is 19.4. The van der Waals surface area contributed by atoms with Crippen LogP contribution >= 0.6 is 0 Å². The predicted octanol–water partition coefficient (Wildman–Crippen LogP) is 3.43. The zero-order chi connectivity index (χ0) is 18.7. The number of rotatable bonds is 5. The standard InChI is InChI=1S/C17H12F3N3O3/c18-17(19,20)13-4-2-1-3-12(13)16-23-22-14(26-16)9-25-11-7-5-10(6-8-11)15(21)24/h1-8H,9H2,(H2,21,24). The molecule has 134 valence electrons. The third-order valence-electron chi connectivity index (χ3n) is 3.43. The summed E-state index contributed by atoms with van der Waals surface area (Å²) in [7, 11) is 0. The number of carbonyl (C=O) groups is 1. The molecule has 3 rings (SSSR count). The Balaban J connectivity index is 1.74. The smallest absolute Gasteiger partial charge is 0.417 e.